The van der Waals surface area contributed by atoms with E-state index in [1.807, 2.05) is 22.6 Å². The molecule has 0 saturated carbocycles. The van der Waals surface area contributed by atoms with Crippen molar-refractivity contribution in [2.24, 2.45) is 0 Å². The van der Waals surface area contributed by atoms with Gasteiger partial charge in [0.1, 0.15) is 0 Å². The first kappa shape index (κ1) is 13.4. The minimum absolute atomic E-state index is 0.142. The van der Waals surface area contributed by atoms with Gasteiger partial charge in [-0.15, -0.1) is 0 Å². The Morgan fingerprint density at radius 2 is 2.06 bits per heavy atom. The molecule has 1 N–H and O–H groups in total. The van der Waals surface area contributed by atoms with Crippen molar-refractivity contribution in [1.82, 2.24) is 4.72 Å². The van der Waals surface area contributed by atoms with E-state index in [9.17, 15) is 13.2 Å². The molecular weight excluding hydrogens is 345 g/mol. The predicted octanol–water partition coefficient (Wildman–Crippen LogP) is 0.986. The average Bonchev–Trinajstić information content (AvgIpc) is 2.27. The molecule has 1 rings (SSSR count). The Balaban J connectivity index is 3.25. The van der Waals surface area contributed by atoms with Crippen LogP contribution in [0.2, 0.25) is 0 Å². The Morgan fingerprint density at radius 1 is 1.44 bits per heavy atom. The molecule has 0 aliphatic carbocycles. The van der Waals surface area contributed by atoms with Gasteiger partial charge in [0.05, 0.1) is 17.6 Å². The Labute approximate surface area is 107 Å². The zero-order chi connectivity index (χ0) is 12.3. The summed E-state index contributed by atoms with van der Waals surface area (Å²) in [5.41, 5.74) is 0.321. The normalized spacial score (nSPS) is 11.2. The van der Waals surface area contributed by atoms with Crippen molar-refractivity contribution in [3.8, 4) is 0 Å². The van der Waals surface area contributed by atoms with Crippen LogP contribution in [0.3, 0.4) is 0 Å². The molecule has 0 atom stereocenters. The number of carbonyl (C=O) groups excluding carboxylic acids is 1. The number of hydrogen-bond donors (Lipinski definition) is 1. The molecule has 0 spiro atoms. The molecule has 0 amide bonds. The van der Waals surface area contributed by atoms with Gasteiger partial charge in [-0.1, -0.05) is 0 Å². The summed E-state index contributed by atoms with van der Waals surface area (Å²) in [4.78, 5) is 11.3. The van der Waals surface area contributed by atoms with Gasteiger partial charge in [0.25, 0.3) is 0 Å². The summed E-state index contributed by atoms with van der Waals surface area (Å²) in [6.45, 7) is 0. The van der Waals surface area contributed by atoms with Crippen LogP contribution in [0.5, 0.6) is 0 Å². The van der Waals surface area contributed by atoms with E-state index in [0.717, 1.165) is 0 Å². The number of esters is 1. The number of sulfonamides is 1. The number of methoxy groups -OCH3 is 1. The van der Waals surface area contributed by atoms with Crippen LogP contribution in [-0.2, 0) is 14.8 Å². The van der Waals surface area contributed by atoms with Crippen LogP contribution in [-0.4, -0.2) is 28.5 Å². The molecule has 0 saturated heterocycles. The first-order chi connectivity index (χ1) is 7.42. The lowest BCUT2D eigenvalue weighted by atomic mass is 10.2. The minimum atomic E-state index is -3.49. The highest BCUT2D eigenvalue weighted by atomic mass is 127. The molecular formula is C9H10INO4S. The maximum atomic E-state index is 11.5. The summed E-state index contributed by atoms with van der Waals surface area (Å²) in [6.07, 6.45) is 0. The van der Waals surface area contributed by atoms with Gasteiger partial charge < -0.3 is 4.74 Å². The SMILES string of the molecule is CNS(=O)(=O)c1ccc(C(=O)OC)cc1I. The molecule has 1 aromatic rings. The van der Waals surface area contributed by atoms with Gasteiger partial charge in [0.2, 0.25) is 10.0 Å². The lowest BCUT2D eigenvalue weighted by Crippen LogP contribution is -2.20. The molecule has 0 aliphatic heterocycles. The van der Waals surface area contributed by atoms with E-state index in [-0.39, 0.29) is 4.90 Å². The average molecular weight is 355 g/mol. The van der Waals surface area contributed by atoms with E-state index in [2.05, 4.69) is 9.46 Å². The van der Waals surface area contributed by atoms with Gasteiger partial charge in [-0.3, -0.25) is 0 Å². The van der Waals surface area contributed by atoms with E-state index in [1.165, 1.54) is 32.4 Å². The first-order valence-electron chi connectivity index (χ1n) is 4.24. The number of hydrogen-bond acceptors (Lipinski definition) is 4. The molecule has 0 heterocycles. The van der Waals surface area contributed by atoms with Crippen LogP contribution >= 0.6 is 22.6 Å². The van der Waals surface area contributed by atoms with Crippen LogP contribution in [0.15, 0.2) is 23.1 Å². The van der Waals surface area contributed by atoms with Crippen molar-refractivity contribution in [3.05, 3.63) is 27.3 Å². The molecule has 0 radical (unpaired) electrons. The quantitative estimate of drug-likeness (QED) is 0.648. The highest BCUT2D eigenvalue weighted by molar-refractivity contribution is 14.1. The summed E-state index contributed by atoms with van der Waals surface area (Å²) in [5.74, 6) is -0.494. The van der Waals surface area contributed by atoms with Crippen molar-refractivity contribution in [3.63, 3.8) is 0 Å². The Bertz CT molecular complexity index is 512. The second kappa shape index (κ2) is 5.11. The number of halogens is 1. The van der Waals surface area contributed by atoms with Crippen LogP contribution in [0.4, 0.5) is 0 Å². The van der Waals surface area contributed by atoms with E-state index < -0.39 is 16.0 Å². The number of nitrogens with one attached hydrogen (secondary N) is 1. The lowest BCUT2D eigenvalue weighted by molar-refractivity contribution is 0.0600. The van der Waals surface area contributed by atoms with Crippen LogP contribution in [0.1, 0.15) is 10.4 Å². The van der Waals surface area contributed by atoms with Crippen LogP contribution < -0.4 is 4.72 Å². The molecule has 0 aromatic heterocycles. The third kappa shape index (κ3) is 2.71. The van der Waals surface area contributed by atoms with Crippen molar-refractivity contribution in [2.45, 2.75) is 4.90 Å². The van der Waals surface area contributed by atoms with Gasteiger partial charge in [0, 0.05) is 3.57 Å². The van der Waals surface area contributed by atoms with Gasteiger partial charge in [0.15, 0.2) is 0 Å². The van der Waals surface area contributed by atoms with Gasteiger partial charge in [-0.25, -0.2) is 17.9 Å². The monoisotopic (exact) mass is 355 g/mol. The molecule has 0 unspecified atom stereocenters. The topological polar surface area (TPSA) is 72.5 Å². The number of rotatable bonds is 3. The summed E-state index contributed by atoms with van der Waals surface area (Å²) in [6, 6.07) is 4.26. The zero-order valence-electron chi connectivity index (χ0n) is 8.65. The first-order valence-corrected chi connectivity index (χ1v) is 6.80. The molecule has 88 valence electrons. The van der Waals surface area contributed by atoms with Crippen LogP contribution in [0, 0.1) is 3.57 Å². The maximum absolute atomic E-state index is 11.5. The third-order valence-corrected chi connectivity index (χ3v) is 4.64. The molecule has 16 heavy (non-hydrogen) atoms. The molecule has 7 heteroatoms. The van der Waals surface area contributed by atoms with Crippen molar-refractivity contribution in [2.75, 3.05) is 14.2 Å². The van der Waals surface area contributed by atoms with Gasteiger partial charge in [-0.2, -0.15) is 0 Å². The maximum Gasteiger partial charge on any atom is 0.337 e. The fourth-order valence-electron chi connectivity index (χ4n) is 1.07. The van der Waals surface area contributed by atoms with Gasteiger partial charge >= 0.3 is 5.97 Å². The van der Waals surface area contributed by atoms with Crippen molar-refractivity contribution in [1.29, 1.82) is 0 Å². The van der Waals surface area contributed by atoms with E-state index in [1.54, 1.807) is 0 Å². The fraction of sp³-hybridized carbons (Fsp3) is 0.222. The summed E-state index contributed by atoms with van der Waals surface area (Å²) in [5, 5.41) is 0. The largest absolute Gasteiger partial charge is 0.465 e. The Hall–Kier alpha value is -0.670. The molecule has 0 bridgehead atoms. The minimum Gasteiger partial charge on any atom is -0.465 e. The number of carbonyl (C=O) groups is 1. The summed E-state index contributed by atoms with van der Waals surface area (Å²) >= 11 is 1.86. The zero-order valence-corrected chi connectivity index (χ0v) is 11.6. The second-order valence-corrected chi connectivity index (χ2v) is 5.86. The smallest absolute Gasteiger partial charge is 0.337 e. The highest BCUT2D eigenvalue weighted by Crippen LogP contribution is 2.19. The standard InChI is InChI=1S/C9H10INO4S/c1-11-16(13,14)8-4-3-6(5-7(8)10)9(12)15-2/h3-5,11H,1-2H3. The number of benzene rings is 1. The molecule has 1 aromatic carbocycles. The highest BCUT2D eigenvalue weighted by Gasteiger charge is 2.17. The summed E-state index contributed by atoms with van der Waals surface area (Å²) < 4.78 is 30.3. The van der Waals surface area contributed by atoms with E-state index >= 15 is 0 Å². The van der Waals surface area contributed by atoms with Crippen molar-refractivity contribution >= 4 is 38.6 Å². The lowest BCUT2D eigenvalue weighted by Gasteiger charge is -2.06. The number of ether oxygens (including phenoxy) is 1. The van der Waals surface area contributed by atoms with Crippen LogP contribution in [0.25, 0.3) is 0 Å². The molecule has 0 fully saturated rings. The molecule has 0 aliphatic rings. The van der Waals surface area contributed by atoms with E-state index in [4.69, 9.17) is 0 Å². The Morgan fingerprint density at radius 3 is 2.50 bits per heavy atom. The predicted molar refractivity (Wildman–Crippen MR) is 66.7 cm³/mol. The fourth-order valence-corrected chi connectivity index (χ4v) is 3.24. The Kier molecular flexibility index (Phi) is 4.28. The second-order valence-electron chi connectivity index (χ2n) is 2.84. The van der Waals surface area contributed by atoms with E-state index in [0.29, 0.717) is 9.13 Å². The third-order valence-electron chi connectivity index (χ3n) is 1.91. The summed E-state index contributed by atoms with van der Waals surface area (Å²) in [7, 11) is -0.883. The molecule has 5 nitrogen and oxygen atoms in total. The van der Waals surface area contributed by atoms with Gasteiger partial charge in [-0.05, 0) is 47.8 Å². The van der Waals surface area contributed by atoms with Crippen molar-refractivity contribution < 1.29 is 17.9 Å².